The van der Waals surface area contributed by atoms with Gasteiger partial charge in [-0.05, 0) is 24.3 Å². The van der Waals surface area contributed by atoms with E-state index < -0.39 is 5.97 Å². The summed E-state index contributed by atoms with van der Waals surface area (Å²) in [5.74, 6) is -0.396. The Labute approximate surface area is 125 Å². The number of carbonyl (C=O) groups excluding carboxylic acids is 1. The van der Waals surface area contributed by atoms with Crippen LogP contribution in [0.2, 0.25) is 0 Å². The number of para-hydroxylation sites is 2. The van der Waals surface area contributed by atoms with Crippen LogP contribution in [0.5, 0.6) is 5.75 Å². The molecule has 1 aromatic carbocycles. The van der Waals surface area contributed by atoms with Gasteiger partial charge in [-0.15, -0.1) is 0 Å². The summed E-state index contributed by atoms with van der Waals surface area (Å²) < 4.78 is 10.8. The molecule has 0 aliphatic carbocycles. The van der Waals surface area contributed by atoms with Crippen LogP contribution in [0.1, 0.15) is 11.3 Å². The molecule has 1 aliphatic rings. The molecule has 0 saturated carbocycles. The molecule has 6 heteroatoms. The van der Waals surface area contributed by atoms with Crippen LogP contribution >= 0.6 is 0 Å². The fourth-order valence-corrected chi connectivity index (χ4v) is 1.93. The number of aliphatic carboxylic acids is 1. The van der Waals surface area contributed by atoms with Gasteiger partial charge in [0.1, 0.15) is 5.76 Å². The van der Waals surface area contributed by atoms with Crippen LogP contribution < -0.4 is 10.1 Å². The average molecular weight is 297 g/mol. The van der Waals surface area contributed by atoms with Crippen LogP contribution in [-0.2, 0) is 9.59 Å². The molecule has 6 nitrogen and oxygen atoms in total. The summed E-state index contributed by atoms with van der Waals surface area (Å²) in [7, 11) is 0. The lowest BCUT2D eigenvalue weighted by atomic mass is 10.2. The summed E-state index contributed by atoms with van der Waals surface area (Å²) in [6, 6.07) is 8.68. The van der Waals surface area contributed by atoms with E-state index in [0.717, 1.165) is 6.08 Å². The van der Waals surface area contributed by atoms with E-state index in [4.69, 9.17) is 14.3 Å². The van der Waals surface area contributed by atoms with Gasteiger partial charge in [0, 0.05) is 17.7 Å². The fraction of sp³-hybridized carbons (Fsp3) is 0. The summed E-state index contributed by atoms with van der Waals surface area (Å²) in [5.41, 5.74) is 1.18. The van der Waals surface area contributed by atoms with Gasteiger partial charge in [0.2, 0.25) is 0 Å². The number of hydrogen-bond acceptors (Lipinski definition) is 4. The first kappa shape index (κ1) is 13.7. The van der Waals surface area contributed by atoms with Crippen molar-refractivity contribution in [3.05, 3.63) is 59.8 Å². The molecule has 2 heterocycles. The van der Waals surface area contributed by atoms with Crippen molar-refractivity contribution < 1.29 is 23.8 Å². The number of benzene rings is 1. The van der Waals surface area contributed by atoms with Gasteiger partial charge in [-0.1, -0.05) is 12.1 Å². The van der Waals surface area contributed by atoms with Crippen molar-refractivity contribution in [2.75, 3.05) is 5.32 Å². The van der Waals surface area contributed by atoms with Gasteiger partial charge in [0.15, 0.2) is 11.5 Å². The van der Waals surface area contributed by atoms with Crippen LogP contribution in [-0.4, -0.2) is 17.0 Å². The Kier molecular flexibility index (Phi) is 3.49. The van der Waals surface area contributed by atoms with Gasteiger partial charge in [-0.25, -0.2) is 4.79 Å². The summed E-state index contributed by atoms with van der Waals surface area (Å²) in [6.07, 6.45) is 5.23. The first-order valence-electron chi connectivity index (χ1n) is 6.41. The number of amides is 1. The first-order chi connectivity index (χ1) is 10.6. The van der Waals surface area contributed by atoms with E-state index in [-0.39, 0.29) is 11.7 Å². The van der Waals surface area contributed by atoms with Gasteiger partial charge in [0.05, 0.1) is 12.0 Å². The molecule has 2 N–H and O–H groups in total. The standard InChI is InChI=1S/C16H11NO5/c18-15(19)6-5-10-7-11(21-9-10)8-14-16(20)17-12-3-1-2-4-13(12)22-14/h1-9H,(H,17,20)(H,18,19)/b6-5+,14-8-. The monoisotopic (exact) mass is 297 g/mol. The Morgan fingerprint density at radius 2 is 2.09 bits per heavy atom. The number of carboxylic acid groups (broad SMARTS) is 1. The zero-order valence-corrected chi connectivity index (χ0v) is 11.3. The highest BCUT2D eigenvalue weighted by molar-refractivity contribution is 6.08. The summed E-state index contributed by atoms with van der Waals surface area (Å²) in [4.78, 5) is 22.4. The maximum Gasteiger partial charge on any atom is 0.328 e. The molecule has 0 atom stereocenters. The first-order valence-corrected chi connectivity index (χ1v) is 6.41. The third kappa shape index (κ3) is 2.90. The van der Waals surface area contributed by atoms with Gasteiger partial charge < -0.3 is 19.6 Å². The second-order valence-electron chi connectivity index (χ2n) is 4.51. The third-order valence-electron chi connectivity index (χ3n) is 2.91. The van der Waals surface area contributed by atoms with E-state index in [1.165, 1.54) is 18.4 Å². The van der Waals surface area contributed by atoms with E-state index >= 15 is 0 Å². The predicted molar refractivity (Wildman–Crippen MR) is 79.1 cm³/mol. The highest BCUT2D eigenvalue weighted by Crippen LogP contribution is 2.30. The lowest BCUT2D eigenvalue weighted by molar-refractivity contribution is -0.131. The Bertz CT molecular complexity index is 800. The number of ether oxygens (including phenoxy) is 1. The molecule has 1 amide bonds. The van der Waals surface area contributed by atoms with Crippen molar-refractivity contribution in [3.63, 3.8) is 0 Å². The fourth-order valence-electron chi connectivity index (χ4n) is 1.93. The number of nitrogens with one attached hydrogen (secondary N) is 1. The van der Waals surface area contributed by atoms with Crippen molar-refractivity contribution in [1.29, 1.82) is 0 Å². The molecular weight excluding hydrogens is 286 g/mol. The van der Waals surface area contributed by atoms with Gasteiger partial charge in [-0.3, -0.25) is 4.79 Å². The molecule has 3 rings (SSSR count). The van der Waals surface area contributed by atoms with Crippen molar-refractivity contribution in [1.82, 2.24) is 0 Å². The van der Waals surface area contributed by atoms with Crippen LogP contribution in [0.3, 0.4) is 0 Å². The molecule has 1 aromatic heterocycles. The summed E-state index contributed by atoms with van der Waals surface area (Å²) in [6.45, 7) is 0. The molecule has 0 spiro atoms. The van der Waals surface area contributed by atoms with Gasteiger partial charge in [0.25, 0.3) is 5.91 Å². The molecule has 0 bridgehead atoms. The molecule has 1 aliphatic heterocycles. The van der Waals surface area contributed by atoms with Crippen LogP contribution in [0.4, 0.5) is 5.69 Å². The lowest BCUT2D eigenvalue weighted by Gasteiger charge is -2.19. The van der Waals surface area contributed by atoms with Crippen LogP contribution in [0.15, 0.2) is 52.8 Å². The second-order valence-corrected chi connectivity index (χ2v) is 4.51. The number of rotatable bonds is 3. The Morgan fingerprint density at radius 3 is 2.91 bits per heavy atom. The van der Waals surface area contributed by atoms with Gasteiger partial charge >= 0.3 is 5.97 Å². The SMILES string of the molecule is O=C(O)/C=C/c1coc(/C=C2\Oc3ccccc3NC2=O)c1. The number of anilines is 1. The summed E-state index contributed by atoms with van der Waals surface area (Å²) >= 11 is 0. The molecule has 0 fully saturated rings. The Balaban J connectivity index is 1.84. The molecule has 0 saturated heterocycles. The quantitative estimate of drug-likeness (QED) is 0.850. The maximum atomic E-state index is 11.9. The van der Waals surface area contributed by atoms with Crippen molar-refractivity contribution >= 4 is 29.7 Å². The van der Waals surface area contributed by atoms with Crippen LogP contribution in [0.25, 0.3) is 12.2 Å². The zero-order valence-electron chi connectivity index (χ0n) is 11.3. The molecule has 22 heavy (non-hydrogen) atoms. The molecular formula is C16H11NO5. The van der Waals surface area contributed by atoms with Crippen molar-refractivity contribution in [3.8, 4) is 5.75 Å². The van der Waals surface area contributed by atoms with E-state index in [1.54, 1.807) is 30.3 Å². The van der Waals surface area contributed by atoms with E-state index in [9.17, 15) is 9.59 Å². The Morgan fingerprint density at radius 1 is 1.27 bits per heavy atom. The minimum atomic E-state index is -1.05. The molecule has 110 valence electrons. The number of carboxylic acids is 1. The van der Waals surface area contributed by atoms with Crippen LogP contribution in [0, 0.1) is 0 Å². The minimum absolute atomic E-state index is 0.0989. The highest BCUT2D eigenvalue weighted by Gasteiger charge is 2.21. The summed E-state index contributed by atoms with van der Waals surface area (Å²) in [5, 5.41) is 11.3. The van der Waals surface area contributed by atoms with Crippen molar-refractivity contribution in [2.45, 2.75) is 0 Å². The number of hydrogen-bond donors (Lipinski definition) is 2. The van der Waals surface area contributed by atoms with E-state index in [2.05, 4.69) is 5.32 Å². The van der Waals surface area contributed by atoms with Gasteiger partial charge in [-0.2, -0.15) is 0 Å². The largest absolute Gasteiger partial charge is 0.478 e. The molecule has 0 unspecified atom stereocenters. The normalized spacial score (nSPS) is 15.5. The third-order valence-corrected chi connectivity index (χ3v) is 2.91. The Hall–Kier alpha value is -3.28. The smallest absolute Gasteiger partial charge is 0.328 e. The topological polar surface area (TPSA) is 88.8 Å². The lowest BCUT2D eigenvalue weighted by Crippen LogP contribution is -2.23. The number of carbonyl (C=O) groups is 2. The average Bonchev–Trinajstić information content (AvgIpc) is 2.93. The maximum absolute atomic E-state index is 11.9. The molecule has 0 radical (unpaired) electrons. The van der Waals surface area contributed by atoms with E-state index in [0.29, 0.717) is 22.8 Å². The van der Waals surface area contributed by atoms with E-state index in [1.807, 2.05) is 0 Å². The van der Waals surface area contributed by atoms with Crippen molar-refractivity contribution in [2.24, 2.45) is 0 Å². The second kappa shape index (κ2) is 5.61. The predicted octanol–water partition coefficient (Wildman–Crippen LogP) is 2.75. The highest BCUT2D eigenvalue weighted by atomic mass is 16.5. The number of fused-ring (bicyclic) bond motifs is 1. The number of furan rings is 1. The molecule has 2 aromatic rings. The zero-order chi connectivity index (χ0) is 15.5. The minimum Gasteiger partial charge on any atom is -0.478 e.